The van der Waals surface area contributed by atoms with Gasteiger partial charge in [-0.1, -0.05) is 6.42 Å². The van der Waals surface area contributed by atoms with Crippen molar-refractivity contribution in [3.05, 3.63) is 29.6 Å². The fourth-order valence-electron chi connectivity index (χ4n) is 2.24. The third-order valence-corrected chi connectivity index (χ3v) is 3.24. The second-order valence-electron chi connectivity index (χ2n) is 4.50. The first kappa shape index (κ1) is 12.4. The molecule has 0 unspecified atom stereocenters. The lowest BCUT2D eigenvalue weighted by Gasteiger charge is -2.14. The minimum absolute atomic E-state index is 0.138. The second kappa shape index (κ2) is 4.64. The third kappa shape index (κ3) is 2.97. The summed E-state index contributed by atoms with van der Waals surface area (Å²) in [6, 6.07) is 2.44. The molecular weight excluding hydrogens is 231 g/mol. The standard InChI is InChI=1S/C12H14F3NO/c13-12(14,15)9-4-5-10(16-7-9)6-8-2-1-3-11(8)17/h4-5,7-8,11,17H,1-3,6H2/t8-,11-/m1/s1. The molecule has 1 aliphatic rings. The van der Waals surface area contributed by atoms with Crippen LogP contribution in [0.3, 0.4) is 0 Å². The Morgan fingerprint density at radius 2 is 2.06 bits per heavy atom. The Morgan fingerprint density at radius 1 is 1.29 bits per heavy atom. The van der Waals surface area contributed by atoms with E-state index in [9.17, 15) is 18.3 Å². The van der Waals surface area contributed by atoms with Crippen molar-refractivity contribution < 1.29 is 18.3 Å². The van der Waals surface area contributed by atoms with Crippen LogP contribution < -0.4 is 0 Å². The molecule has 1 aromatic heterocycles. The minimum atomic E-state index is -4.33. The van der Waals surface area contributed by atoms with Gasteiger partial charge in [-0.3, -0.25) is 4.98 Å². The summed E-state index contributed by atoms with van der Waals surface area (Å²) in [5, 5.41) is 9.63. The van der Waals surface area contributed by atoms with Crippen molar-refractivity contribution in [2.45, 2.75) is 38.0 Å². The molecule has 94 valence electrons. The molecule has 2 rings (SSSR count). The zero-order chi connectivity index (χ0) is 12.5. The SMILES string of the molecule is O[C@@H]1CCC[C@@H]1Cc1ccc(C(F)(F)F)cn1. The van der Waals surface area contributed by atoms with Gasteiger partial charge in [0.1, 0.15) is 0 Å². The molecule has 5 heteroatoms. The highest BCUT2D eigenvalue weighted by Gasteiger charge is 2.31. The van der Waals surface area contributed by atoms with Crippen molar-refractivity contribution in [3.63, 3.8) is 0 Å². The first-order valence-electron chi connectivity index (χ1n) is 5.67. The Balaban J connectivity index is 2.03. The minimum Gasteiger partial charge on any atom is -0.393 e. The van der Waals surface area contributed by atoms with Crippen molar-refractivity contribution in [2.24, 2.45) is 5.92 Å². The monoisotopic (exact) mass is 245 g/mol. The van der Waals surface area contributed by atoms with Crippen LogP contribution in [0.5, 0.6) is 0 Å². The van der Waals surface area contributed by atoms with Crippen molar-refractivity contribution in [1.82, 2.24) is 4.98 Å². The van der Waals surface area contributed by atoms with E-state index in [-0.39, 0.29) is 12.0 Å². The summed E-state index contributed by atoms with van der Waals surface area (Å²) in [6.07, 6.45) is -0.574. The van der Waals surface area contributed by atoms with Gasteiger partial charge in [-0.25, -0.2) is 0 Å². The van der Waals surface area contributed by atoms with E-state index < -0.39 is 11.7 Å². The summed E-state index contributed by atoms with van der Waals surface area (Å²) in [6.45, 7) is 0. The van der Waals surface area contributed by atoms with Crippen LogP contribution in [0.1, 0.15) is 30.5 Å². The Morgan fingerprint density at radius 3 is 2.53 bits per heavy atom. The van der Waals surface area contributed by atoms with Crippen molar-refractivity contribution >= 4 is 0 Å². The quantitative estimate of drug-likeness (QED) is 0.869. The Kier molecular flexibility index (Phi) is 3.38. The molecule has 0 saturated heterocycles. The average Bonchev–Trinajstić information content (AvgIpc) is 2.64. The van der Waals surface area contributed by atoms with Gasteiger partial charge in [0, 0.05) is 11.9 Å². The maximum atomic E-state index is 12.3. The molecule has 0 aliphatic heterocycles. The van der Waals surface area contributed by atoms with Crippen LogP contribution >= 0.6 is 0 Å². The molecule has 1 N–H and O–H groups in total. The molecular formula is C12H14F3NO. The predicted octanol–water partition coefficient (Wildman–Crippen LogP) is 2.80. The zero-order valence-electron chi connectivity index (χ0n) is 9.24. The van der Waals surface area contributed by atoms with E-state index in [4.69, 9.17) is 0 Å². The van der Waals surface area contributed by atoms with Crippen LogP contribution in [0.15, 0.2) is 18.3 Å². The number of pyridine rings is 1. The molecule has 0 bridgehead atoms. The van der Waals surface area contributed by atoms with Gasteiger partial charge >= 0.3 is 6.18 Å². The van der Waals surface area contributed by atoms with Gasteiger partial charge < -0.3 is 5.11 Å². The van der Waals surface area contributed by atoms with Crippen LogP contribution in [0, 0.1) is 5.92 Å². The number of rotatable bonds is 2. The Labute approximate surface area is 97.5 Å². The molecule has 0 radical (unpaired) electrons. The molecule has 1 saturated carbocycles. The van der Waals surface area contributed by atoms with E-state index >= 15 is 0 Å². The van der Waals surface area contributed by atoms with Crippen LogP contribution in [-0.4, -0.2) is 16.2 Å². The summed E-state index contributed by atoms with van der Waals surface area (Å²) in [7, 11) is 0. The molecule has 1 heterocycles. The van der Waals surface area contributed by atoms with E-state index in [1.807, 2.05) is 0 Å². The molecule has 2 atom stereocenters. The van der Waals surface area contributed by atoms with E-state index in [0.717, 1.165) is 31.5 Å². The van der Waals surface area contributed by atoms with Gasteiger partial charge in [0.05, 0.1) is 11.7 Å². The first-order valence-corrected chi connectivity index (χ1v) is 5.67. The van der Waals surface area contributed by atoms with Crippen molar-refractivity contribution in [2.75, 3.05) is 0 Å². The van der Waals surface area contributed by atoms with Crippen LogP contribution in [0.2, 0.25) is 0 Å². The number of nitrogens with zero attached hydrogens (tertiary/aromatic N) is 1. The number of hydrogen-bond donors (Lipinski definition) is 1. The van der Waals surface area contributed by atoms with Gasteiger partial charge in [0.15, 0.2) is 0 Å². The maximum absolute atomic E-state index is 12.3. The summed E-state index contributed by atoms with van der Waals surface area (Å²) in [5.41, 5.74) is -0.114. The summed E-state index contributed by atoms with van der Waals surface area (Å²) in [5.74, 6) is 0.138. The third-order valence-electron chi connectivity index (χ3n) is 3.24. The predicted molar refractivity (Wildman–Crippen MR) is 56.3 cm³/mol. The zero-order valence-corrected chi connectivity index (χ0v) is 9.24. The fourth-order valence-corrected chi connectivity index (χ4v) is 2.24. The molecule has 0 spiro atoms. The fraction of sp³-hybridized carbons (Fsp3) is 0.583. The van der Waals surface area contributed by atoms with E-state index in [1.165, 1.54) is 6.07 Å². The van der Waals surface area contributed by atoms with E-state index in [1.54, 1.807) is 0 Å². The smallest absolute Gasteiger partial charge is 0.393 e. The molecule has 0 amide bonds. The van der Waals surface area contributed by atoms with Gasteiger partial charge in [-0.05, 0) is 37.3 Å². The van der Waals surface area contributed by atoms with Gasteiger partial charge in [-0.15, -0.1) is 0 Å². The number of halogens is 3. The van der Waals surface area contributed by atoms with Gasteiger partial charge in [-0.2, -0.15) is 13.2 Å². The van der Waals surface area contributed by atoms with E-state index in [0.29, 0.717) is 12.1 Å². The summed E-state index contributed by atoms with van der Waals surface area (Å²) in [4.78, 5) is 3.81. The molecule has 1 aromatic rings. The normalized spacial score (nSPS) is 25.2. The van der Waals surface area contributed by atoms with Gasteiger partial charge in [0.2, 0.25) is 0 Å². The lowest BCUT2D eigenvalue weighted by atomic mass is 9.99. The van der Waals surface area contributed by atoms with Crippen LogP contribution in [0.25, 0.3) is 0 Å². The molecule has 17 heavy (non-hydrogen) atoms. The van der Waals surface area contributed by atoms with Crippen LogP contribution in [0.4, 0.5) is 13.2 Å². The maximum Gasteiger partial charge on any atom is 0.417 e. The lowest BCUT2D eigenvalue weighted by Crippen LogP contribution is -2.16. The summed E-state index contributed by atoms with van der Waals surface area (Å²) < 4.78 is 36.9. The average molecular weight is 245 g/mol. The highest BCUT2D eigenvalue weighted by atomic mass is 19.4. The second-order valence-corrected chi connectivity index (χ2v) is 4.50. The molecule has 1 fully saturated rings. The number of aliphatic hydroxyl groups excluding tert-OH is 1. The number of aliphatic hydroxyl groups is 1. The van der Waals surface area contributed by atoms with Crippen molar-refractivity contribution in [1.29, 1.82) is 0 Å². The largest absolute Gasteiger partial charge is 0.417 e. The summed E-state index contributed by atoms with van der Waals surface area (Å²) >= 11 is 0. The van der Waals surface area contributed by atoms with Crippen LogP contribution in [-0.2, 0) is 12.6 Å². The molecule has 2 nitrogen and oxygen atoms in total. The first-order chi connectivity index (χ1) is 7.97. The Hall–Kier alpha value is -1.10. The molecule has 1 aliphatic carbocycles. The lowest BCUT2D eigenvalue weighted by molar-refractivity contribution is -0.137. The highest BCUT2D eigenvalue weighted by Crippen LogP contribution is 2.30. The number of hydrogen-bond acceptors (Lipinski definition) is 2. The Bertz CT molecular complexity index is 374. The van der Waals surface area contributed by atoms with E-state index in [2.05, 4.69) is 4.98 Å². The van der Waals surface area contributed by atoms with Gasteiger partial charge in [0.25, 0.3) is 0 Å². The van der Waals surface area contributed by atoms with Crippen molar-refractivity contribution in [3.8, 4) is 0 Å². The highest BCUT2D eigenvalue weighted by molar-refractivity contribution is 5.17. The number of aromatic nitrogens is 1. The topological polar surface area (TPSA) is 33.1 Å². The number of alkyl halides is 3. The molecule has 0 aromatic carbocycles.